The fourth-order valence-corrected chi connectivity index (χ4v) is 4.42. The zero-order chi connectivity index (χ0) is 24.4. The Kier molecular flexibility index (Phi) is 6.36. The van der Waals surface area contributed by atoms with Gasteiger partial charge in [0.25, 0.3) is 0 Å². The van der Waals surface area contributed by atoms with E-state index in [0.717, 1.165) is 35.0 Å². The van der Waals surface area contributed by atoms with Gasteiger partial charge in [0.15, 0.2) is 0 Å². The summed E-state index contributed by atoms with van der Waals surface area (Å²) < 4.78 is 15.7. The predicted molar refractivity (Wildman–Crippen MR) is 137 cm³/mol. The first-order chi connectivity index (χ1) is 17.0. The molecule has 0 spiro atoms. The summed E-state index contributed by atoms with van der Waals surface area (Å²) >= 11 is 0. The maximum atomic E-state index is 13.6. The standard InChI is InChI=1S/C29H29FN4O/c1-20-3-7-22(8-4-20)9-16-27(35)33-17-18-34-26(19-33)32-28(23-10-12-24(30)13-11-23)29(34)31-25-14-5-21(2)6-15-25/h3-8,10-15,31H,9,16-19H2,1-2H3. The highest BCUT2D eigenvalue weighted by atomic mass is 19.1. The summed E-state index contributed by atoms with van der Waals surface area (Å²) in [7, 11) is 0. The number of hydrogen-bond acceptors (Lipinski definition) is 3. The first kappa shape index (κ1) is 22.8. The van der Waals surface area contributed by atoms with E-state index in [1.54, 1.807) is 12.1 Å². The molecule has 1 amide bonds. The van der Waals surface area contributed by atoms with E-state index in [2.05, 4.69) is 60.1 Å². The average Bonchev–Trinajstić information content (AvgIpc) is 3.22. The molecule has 1 aromatic heterocycles. The number of fused-ring (bicyclic) bond motifs is 1. The first-order valence-electron chi connectivity index (χ1n) is 12.0. The molecule has 3 aromatic carbocycles. The smallest absolute Gasteiger partial charge is 0.223 e. The molecule has 178 valence electrons. The van der Waals surface area contributed by atoms with Gasteiger partial charge < -0.3 is 14.8 Å². The Morgan fingerprint density at radius 1 is 0.914 bits per heavy atom. The molecule has 0 unspecified atom stereocenters. The van der Waals surface area contributed by atoms with Gasteiger partial charge in [-0.3, -0.25) is 4.79 Å². The zero-order valence-electron chi connectivity index (χ0n) is 20.1. The van der Waals surface area contributed by atoms with Crippen LogP contribution in [0.1, 0.15) is 28.9 Å². The second kappa shape index (κ2) is 9.74. The predicted octanol–water partition coefficient (Wildman–Crippen LogP) is 6.02. The van der Waals surface area contributed by atoms with Gasteiger partial charge in [-0.25, -0.2) is 9.37 Å². The van der Waals surface area contributed by atoms with E-state index in [4.69, 9.17) is 4.98 Å². The normalized spacial score (nSPS) is 12.9. The molecule has 5 nitrogen and oxygen atoms in total. The highest BCUT2D eigenvalue weighted by Gasteiger charge is 2.27. The lowest BCUT2D eigenvalue weighted by Crippen LogP contribution is -2.38. The Labute approximate surface area is 205 Å². The summed E-state index contributed by atoms with van der Waals surface area (Å²) in [5, 5.41) is 3.52. The van der Waals surface area contributed by atoms with E-state index in [1.165, 1.54) is 28.8 Å². The van der Waals surface area contributed by atoms with Crippen LogP contribution in [0.5, 0.6) is 0 Å². The quantitative estimate of drug-likeness (QED) is 0.376. The van der Waals surface area contributed by atoms with Crippen molar-refractivity contribution >= 4 is 17.4 Å². The number of imidazole rings is 1. The third-order valence-electron chi connectivity index (χ3n) is 6.51. The maximum absolute atomic E-state index is 13.6. The van der Waals surface area contributed by atoms with Gasteiger partial charge in [0.05, 0.1) is 6.54 Å². The van der Waals surface area contributed by atoms with Crippen molar-refractivity contribution in [1.82, 2.24) is 14.5 Å². The third kappa shape index (κ3) is 5.11. The van der Waals surface area contributed by atoms with Crippen LogP contribution in [0.25, 0.3) is 11.3 Å². The van der Waals surface area contributed by atoms with Gasteiger partial charge in [-0.15, -0.1) is 0 Å². The molecular formula is C29H29FN4O. The molecule has 0 saturated heterocycles. The number of nitrogens with one attached hydrogen (secondary N) is 1. The van der Waals surface area contributed by atoms with Crippen LogP contribution in [0, 0.1) is 19.7 Å². The van der Waals surface area contributed by atoms with E-state index in [1.807, 2.05) is 17.0 Å². The maximum Gasteiger partial charge on any atom is 0.223 e. The van der Waals surface area contributed by atoms with Crippen LogP contribution < -0.4 is 5.32 Å². The molecule has 0 aliphatic carbocycles. The highest BCUT2D eigenvalue weighted by molar-refractivity contribution is 5.78. The Morgan fingerprint density at radius 3 is 2.26 bits per heavy atom. The van der Waals surface area contributed by atoms with Crippen LogP contribution in [0.2, 0.25) is 0 Å². The Hall–Kier alpha value is -3.93. The SMILES string of the molecule is Cc1ccc(CCC(=O)N2CCn3c(nc(-c4ccc(F)cc4)c3Nc3ccc(C)cc3)C2)cc1. The number of amides is 1. The Balaban J connectivity index is 1.38. The monoisotopic (exact) mass is 468 g/mol. The minimum absolute atomic E-state index is 0.135. The number of benzene rings is 3. The highest BCUT2D eigenvalue weighted by Crippen LogP contribution is 2.33. The van der Waals surface area contributed by atoms with Crippen molar-refractivity contribution in [2.24, 2.45) is 0 Å². The molecule has 0 fully saturated rings. The van der Waals surface area contributed by atoms with E-state index in [9.17, 15) is 9.18 Å². The molecule has 0 atom stereocenters. The number of carbonyl (C=O) groups excluding carboxylic acids is 1. The molecular weight excluding hydrogens is 439 g/mol. The van der Waals surface area contributed by atoms with Crippen LogP contribution in [-0.2, 0) is 24.3 Å². The topological polar surface area (TPSA) is 50.2 Å². The molecule has 35 heavy (non-hydrogen) atoms. The fraction of sp³-hybridized carbons (Fsp3) is 0.241. The second-order valence-electron chi connectivity index (χ2n) is 9.18. The Bertz CT molecular complexity index is 1330. The lowest BCUT2D eigenvalue weighted by atomic mass is 10.1. The van der Waals surface area contributed by atoms with Crippen molar-refractivity contribution in [3.8, 4) is 11.3 Å². The average molecular weight is 469 g/mol. The molecule has 1 N–H and O–H groups in total. The first-order valence-corrected chi connectivity index (χ1v) is 12.0. The lowest BCUT2D eigenvalue weighted by molar-refractivity contribution is -0.132. The molecule has 0 bridgehead atoms. The van der Waals surface area contributed by atoms with Crippen LogP contribution in [0.3, 0.4) is 0 Å². The number of aryl methyl sites for hydroxylation is 3. The summed E-state index contributed by atoms with van der Waals surface area (Å²) in [6.07, 6.45) is 1.20. The lowest BCUT2D eigenvalue weighted by Gasteiger charge is -2.28. The van der Waals surface area contributed by atoms with E-state index in [-0.39, 0.29) is 11.7 Å². The van der Waals surface area contributed by atoms with Crippen molar-refractivity contribution < 1.29 is 9.18 Å². The van der Waals surface area contributed by atoms with Crippen molar-refractivity contribution in [1.29, 1.82) is 0 Å². The largest absolute Gasteiger partial charge is 0.340 e. The molecule has 2 heterocycles. The molecule has 1 aliphatic rings. The number of nitrogens with zero attached hydrogens (tertiary/aromatic N) is 3. The zero-order valence-corrected chi connectivity index (χ0v) is 20.1. The minimum atomic E-state index is -0.281. The van der Waals surface area contributed by atoms with E-state index in [0.29, 0.717) is 26.1 Å². The van der Waals surface area contributed by atoms with Gasteiger partial charge in [0, 0.05) is 30.8 Å². The number of anilines is 2. The number of aromatic nitrogens is 2. The van der Waals surface area contributed by atoms with Crippen molar-refractivity contribution in [2.45, 2.75) is 39.8 Å². The summed E-state index contributed by atoms with van der Waals surface area (Å²) in [6.45, 7) is 5.85. The number of halogens is 1. The van der Waals surface area contributed by atoms with Crippen molar-refractivity contribution in [3.63, 3.8) is 0 Å². The van der Waals surface area contributed by atoms with Gasteiger partial charge in [-0.1, -0.05) is 47.5 Å². The molecule has 5 rings (SSSR count). The van der Waals surface area contributed by atoms with Gasteiger partial charge in [0.2, 0.25) is 5.91 Å². The van der Waals surface area contributed by atoms with Gasteiger partial charge in [0.1, 0.15) is 23.2 Å². The third-order valence-corrected chi connectivity index (χ3v) is 6.51. The van der Waals surface area contributed by atoms with Crippen molar-refractivity contribution in [3.05, 3.63) is 101 Å². The van der Waals surface area contributed by atoms with Crippen LogP contribution in [0.4, 0.5) is 15.9 Å². The number of carbonyl (C=O) groups is 1. The van der Waals surface area contributed by atoms with Crippen LogP contribution in [-0.4, -0.2) is 26.9 Å². The minimum Gasteiger partial charge on any atom is -0.340 e. The van der Waals surface area contributed by atoms with Crippen molar-refractivity contribution in [2.75, 3.05) is 11.9 Å². The van der Waals surface area contributed by atoms with Crippen LogP contribution >= 0.6 is 0 Å². The molecule has 6 heteroatoms. The summed E-state index contributed by atoms with van der Waals surface area (Å²) in [5.74, 6) is 1.54. The fourth-order valence-electron chi connectivity index (χ4n) is 4.42. The number of hydrogen-bond donors (Lipinski definition) is 1. The summed E-state index contributed by atoms with van der Waals surface area (Å²) in [5.41, 5.74) is 6.12. The Morgan fingerprint density at radius 2 is 1.57 bits per heavy atom. The van der Waals surface area contributed by atoms with E-state index >= 15 is 0 Å². The number of rotatable bonds is 6. The van der Waals surface area contributed by atoms with E-state index < -0.39 is 0 Å². The van der Waals surface area contributed by atoms with Gasteiger partial charge >= 0.3 is 0 Å². The second-order valence-corrected chi connectivity index (χ2v) is 9.18. The molecule has 1 aliphatic heterocycles. The van der Waals surface area contributed by atoms with Gasteiger partial charge in [-0.05, 0) is 62.2 Å². The molecule has 4 aromatic rings. The van der Waals surface area contributed by atoms with Crippen LogP contribution in [0.15, 0.2) is 72.8 Å². The summed E-state index contributed by atoms with van der Waals surface area (Å²) in [4.78, 5) is 19.8. The molecule has 0 radical (unpaired) electrons. The summed E-state index contributed by atoms with van der Waals surface area (Å²) in [6, 6.07) is 22.9. The van der Waals surface area contributed by atoms with Gasteiger partial charge in [-0.2, -0.15) is 0 Å². The molecule has 0 saturated carbocycles.